The van der Waals surface area contributed by atoms with Crippen molar-refractivity contribution in [3.05, 3.63) is 65.0 Å². The molecule has 3 rings (SSSR count). The molecule has 1 aliphatic rings. The topological polar surface area (TPSA) is 26.3 Å². The molecule has 0 aromatic heterocycles. The van der Waals surface area contributed by atoms with Crippen LogP contribution in [0, 0.1) is 5.82 Å². The number of carbonyl (C=O) groups excluding carboxylic acids is 1. The molecule has 0 spiro atoms. The Bertz CT molecular complexity index is 653. The monoisotopic (exact) mass is 274 g/mol. The van der Waals surface area contributed by atoms with E-state index in [1.165, 1.54) is 0 Å². The Morgan fingerprint density at radius 1 is 1.20 bits per heavy atom. The van der Waals surface area contributed by atoms with Gasteiger partial charge < -0.3 is 4.74 Å². The largest absolute Gasteiger partial charge is 0.489 e. The average Bonchev–Trinajstić information content (AvgIpc) is 2.73. The van der Waals surface area contributed by atoms with E-state index in [0.29, 0.717) is 17.9 Å². The Hall–Kier alpha value is -2.23. The van der Waals surface area contributed by atoms with Gasteiger partial charge in [-0.25, -0.2) is 8.78 Å². The minimum atomic E-state index is -1.64. The summed E-state index contributed by atoms with van der Waals surface area (Å²) in [5.41, 5.74) is 1.20. The van der Waals surface area contributed by atoms with E-state index in [0.717, 1.165) is 11.6 Å². The van der Waals surface area contributed by atoms with Gasteiger partial charge in [-0.1, -0.05) is 30.3 Å². The van der Waals surface area contributed by atoms with E-state index in [1.807, 2.05) is 30.3 Å². The van der Waals surface area contributed by atoms with Crippen molar-refractivity contribution in [1.29, 1.82) is 0 Å². The summed E-state index contributed by atoms with van der Waals surface area (Å²) in [6, 6.07) is 12.1. The number of ketones is 1. The first-order chi connectivity index (χ1) is 9.65. The van der Waals surface area contributed by atoms with E-state index >= 15 is 0 Å². The third kappa shape index (κ3) is 2.29. The fraction of sp³-hybridized carbons (Fsp3) is 0.188. The van der Waals surface area contributed by atoms with Crippen molar-refractivity contribution >= 4 is 5.78 Å². The van der Waals surface area contributed by atoms with Crippen LogP contribution >= 0.6 is 0 Å². The molecule has 0 heterocycles. The number of alkyl halides is 1. The lowest BCUT2D eigenvalue weighted by Crippen LogP contribution is -2.09. The maximum absolute atomic E-state index is 13.8. The second-order valence-corrected chi connectivity index (χ2v) is 4.75. The number of rotatable bonds is 3. The van der Waals surface area contributed by atoms with Crippen molar-refractivity contribution in [2.45, 2.75) is 19.2 Å². The maximum Gasteiger partial charge on any atom is 0.200 e. The number of hydrogen-bond donors (Lipinski definition) is 0. The van der Waals surface area contributed by atoms with Gasteiger partial charge in [0.2, 0.25) is 0 Å². The second-order valence-electron chi connectivity index (χ2n) is 4.75. The predicted molar refractivity (Wildman–Crippen MR) is 70.1 cm³/mol. The third-order valence-corrected chi connectivity index (χ3v) is 3.32. The lowest BCUT2D eigenvalue weighted by Gasteiger charge is -2.08. The Labute approximate surface area is 115 Å². The molecule has 20 heavy (non-hydrogen) atoms. The number of benzene rings is 2. The zero-order valence-corrected chi connectivity index (χ0v) is 10.6. The summed E-state index contributed by atoms with van der Waals surface area (Å²) in [6.45, 7) is 0.298. The highest BCUT2D eigenvalue weighted by atomic mass is 19.1. The average molecular weight is 274 g/mol. The van der Waals surface area contributed by atoms with Gasteiger partial charge in [0, 0.05) is 12.5 Å². The van der Waals surface area contributed by atoms with E-state index in [4.69, 9.17) is 4.74 Å². The molecular weight excluding hydrogens is 262 g/mol. The molecule has 0 amide bonds. The number of ether oxygens (including phenoxy) is 1. The smallest absolute Gasteiger partial charge is 0.200 e. The SMILES string of the molecule is O=C1c2c(F)cc(OCc3ccccc3)cc2CC1F. The van der Waals surface area contributed by atoms with Gasteiger partial charge in [-0.2, -0.15) is 0 Å². The molecular formula is C16H12F2O2. The first-order valence-electron chi connectivity index (χ1n) is 6.32. The van der Waals surface area contributed by atoms with Gasteiger partial charge in [-0.3, -0.25) is 4.79 Å². The molecule has 1 aliphatic carbocycles. The molecule has 0 N–H and O–H groups in total. The van der Waals surface area contributed by atoms with E-state index in [2.05, 4.69) is 0 Å². The van der Waals surface area contributed by atoms with Crippen LogP contribution in [-0.4, -0.2) is 12.0 Å². The van der Waals surface area contributed by atoms with Gasteiger partial charge >= 0.3 is 0 Å². The normalized spacial score (nSPS) is 17.1. The van der Waals surface area contributed by atoms with Gasteiger partial charge in [0.15, 0.2) is 12.0 Å². The van der Waals surface area contributed by atoms with Crippen molar-refractivity contribution in [3.63, 3.8) is 0 Å². The van der Waals surface area contributed by atoms with Crippen LogP contribution in [0.2, 0.25) is 0 Å². The highest BCUT2D eigenvalue weighted by molar-refractivity contribution is 6.04. The highest BCUT2D eigenvalue weighted by Gasteiger charge is 2.33. The van der Waals surface area contributed by atoms with Gasteiger partial charge in [-0.15, -0.1) is 0 Å². The Balaban J connectivity index is 1.81. The summed E-state index contributed by atoms with van der Waals surface area (Å²) in [5, 5.41) is 0. The number of halogens is 2. The molecule has 2 aromatic rings. The molecule has 0 fully saturated rings. The summed E-state index contributed by atoms with van der Waals surface area (Å²) in [4.78, 5) is 11.5. The Morgan fingerprint density at radius 2 is 1.95 bits per heavy atom. The van der Waals surface area contributed by atoms with E-state index in [9.17, 15) is 13.6 Å². The zero-order chi connectivity index (χ0) is 14.1. The zero-order valence-electron chi connectivity index (χ0n) is 10.6. The summed E-state index contributed by atoms with van der Waals surface area (Å²) in [6.07, 6.45) is -1.71. The molecule has 4 heteroatoms. The molecule has 0 bridgehead atoms. The van der Waals surface area contributed by atoms with E-state index < -0.39 is 17.8 Å². The van der Waals surface area contributed by atoms with Crippen LogP contribution in [0.25, 0.3) is 0 Å². The molecule has 2 nitrogen and oxygen atoms in total. The van der Waals surface area contributed by atoms with Crippen LogP contribution in [0.5, 0.6) is 5.75 Å². The third-order valence-electron chi connectivity index (χ3n) is 3.32. The molecule has 2 aromatic carbocycles. The fourth-order valence-electron chi connectivity index (χ4n) is 2.34. The lowest BCUT2D eigenvalue weighted by atomic mass is 10.1. The van der Waals surface area contributed by atoms with Crippen LogP contribution in [0.3, 0.4) is 0 Å². The van der Waals surface area contributed by atoms with Crippen LogP contribution in [0.15, 0.2) is 42.5 Å². The van der Waals surface area contributed by atoms with Gasteiger partial charge in [0.05, 0.1) is 5.56 Å². The second kappa shape index (κ2) is 5.04. The molecule has 102 valence electrons. The highest BCUT2D eigenvalue weighted by Crippen LogP contribution is 2.31. The van der Waals surface area contributed by atoms with Crippen LogP contribution in [-0.2, 0) is 13.0 Å². The summed E-state index contributed by atoms with van der Waals surface area (Å²) >= 11 is 0. The summed E-state index contributed by atoms with van der Waals surface area (Å²) in [5.74, 6) is -1.17. The Morgan fingerprint density at radius 3 is 2.70 bits per heavy atom. The van der Waals surface area contributed by atoms with Crippen LogP contribution in [0.1, 0.15) is 21.5 Å². The van der Waals surface area contributed by atoms with Gasteiger partial charge in [0.25, 0.3) is 0 Å². The van der Waals surface area contributed by atoms with Gasteiger partial charge in [-0.05, 0) is 17.2 Å². The fourth-order valence-corrected chi connectivity index (χ4v) is 2.34. The quantitative estimate of drug-likeness (QED) is 0.856. The van der Waals surface area contributed by atoms with E-state index in [1.54, 1.807) is 6.07 Å². The number of hydrogen-bond acceptors (Lipinski definition) is 2. The molecule has 1 atom stereocenters. The van der Waals surface area contributed by atoms with Crippen molar-refractivity contribution in [2.24, 2.45) is 0 Å². The standard InChI is InChI=1S/C16H12F2O2/c17-13-8-12(20-9-10-4-2-1-3-5-10)6-11-7-14(18)16(19)15(11)13/h1-6,8,14H,7,9H2. The van der Waals surface area contributed by atoms with Crippen LogP contribution < -0.4 is 4.74 Å². The number of Topliss-reactive ketones (excluding diaryl/α,β-unsaturated/α-hetero) is 1. The molecule has 0 aliphatic heterocycles. The number of carbonyl (C=O) groups is 1. The molecule has 0 radical (unpaired) electrons. The lowest BCUT2D eigenvalue weighted by molar-refractivity contribution is 0.0895. The van der Waals surface area contributed by atoms with Crippen LogP contribution in [0.4, 0.5) is 8.78 Å². The van der Waals surface area contributed by atoms with Crippen molar-refractivity contribution < 1.29 is 18.3 Å². The minimum absolute atomic E-state index is 0.0758. The summed E-state index contributed by atoms with van der Waals surface area (Å²) in [7, 11) is 0. The van der Waals surface area contributed by atoms with Crippen molar-refractivity contribution in [2.75, 3.05) is 0 Å². The maximum atomic E-state index is 13.8. The van der Waals surface area contributed by atoms with Crippen molar-refractivity contribution in [1.82, 2.24) is 0 Å². The molecule has 0 saturated heterocycles. The van der Waals surface area contributed by atoms with E-state index in [-0.39, 0.29) is 12.0 Å². The molecule has 0 saturated carbocycles. The first kappa shape index (κ1) is 12.8. The molecule has 1 unspecified atom stereocenters. The predicted octanol–water partition coefficient (Wildman–Crippen LogP) is 3.48. The first-order valence-corrected chi connectivity index (χ1v) is 6.32. The summed E-state index contributed by atoms with van der Waals surface area (Å²) < 4.78 is 32.6. The van der Waals surface area contributed by atoms with Gasteiger partial charge in [0.1, 0.15) is 18.2 Å². The minimum Gasteiger partial charge on any atom is -0.489 e. The van der Waals surface area contributed by atoms with Crippen molar-refractivity contribution in [3.8, 4) is 5.75 Å². The Kier molecular flexibility index (Phi) is 3.22. The number of fused-ring (bicyclic) bond motifs is 1.